The fraction of sp³-hybridized carbons (Fsp3) is 0.619. The molecule has 5 rings (SSSR count). The van der Waals surface area contributed by atoms with Crippen molar-refractivity contribution in [1.29, 1.82) is 0 Å². The first-order valence-corrected chi connectivity index (χ1v) is 10.6. The molecule has 2 aliphatic heterocycles. The molecule has 2 atom stereocenters. The third kappa shape index (κ3) is 3.27. The van der Waals surface area contributed by atoms with Crippen LogP contribution in [0.4, 0.5) is 0 Å². The van der Waals surface area contributed by atoms with E-state index in [9.17, 15) is 9.59 Å². The van der Waals surface area contributed by atoms with Crippen LogP contribution in [0.5, 0.6) is 0 Å². The topological polar surface area (TPSA) is 79.6 Å². The molecule has 2 amide bonds. The average Bonchev–Trinajstić information content (AvgIpc) is 3.22. The molecule has 1 saturated carbocycles. The fourth-order valence-corrected chi connectivity index (χ4v) is 5.17. The zero-order valence-corrected chi connectivity index (χ0v) is 16.1. The van der Waals surface area contributed by atoms with E-state index in [4.69, 9.17) is 0 Å². The van der Waals surface area contributed by atoms with E-state index in [1.54, 1.807) is 29.1 Å². The van der Waals surface area contributed by atoms with Gasteiger partial charge in [0.25, 0.3) is 5.91 Å². The molecule has 148 valence electrons. The van der Waals surface area contributed by atoms with E-state index in [0.29, 0.717) is 30.0 Å². The van der Waals surface area contributed by atoms with Crippen molar-refractivity contribution >= 4 is 17.5 Å². The first-order valence-electron chi connectivity index (χ1n) is 10.6. The van der Waals surface area contributed by atoms with Crippen molar-refractivity contribution < 1.29 is 9.59 Å². The molecule has 2 aromatic rings. The number of fused-ring (bicyclic) bond motifs is 3. The minimum Gasteiger partial charge on any atom is -0.349 e. The fourth-order valence-electron chi connectivity index (χ4n) is 5.17. The Morgan fingerprint density at radius 2 is 1.89 bits per heavy atom. The van der Waals surface area contributed by atoms with Gasteiger partial charge in [0.15, 0.2) is 5.65 Å². The van der Waals surface area contributed by atoms with Crippen LogP contribution in [0.25, 0.3) is 5.65 Å². The Morgan fingerprint density at radius 1 is 1.11 bits per heavy atom. The van der Waals surface area contributed by atoms with Crippen molar-refractivity contribution in [2.45, 2.75) is 75.9 Å². The number of carbonyl (C=O) groups excluding carboxylic acids is 2. The van der Waals surface area contributed by atoms with Crippen LogP contribution < -0.4 is 5.32 Å². The van der Waals surface area contributed by atoms with Gasteiger partial charge in [-0.05, 0) is 50.2 Å². The number of aromatic nitrogens is 3. The molecule has 7 heteroatoms. The predicted octanol–water partition coefficient (Wildman–Crippen LogP) is 2.56. The van der Waals surface area contributed by atoms with E-state index >= 15 is 0 Å². The molecule has 7 nitrogen and oxygen atoms in total. The van der Waals surface area contributed by atoms with Crippen molar-refractivity contribution in [3.8, 4) is 0 Å². The van der Waals surface area contributed by atoms with Crippen molar-refractivity contribution in [2.24, 2.45) is 5.92 Å². The number of hydrogen-bond donors (Lipinski definition) is 1. The van der Waals surface area contributed by atoms with Crippen LogP contribution in [0, 0.1) is 5.92 Å². The predicted molar refractivity (Wildman–Crippen MR) is 104 cm³/mol. The maximum Gasteiger partial charge on any atom is 0.253 e. The molecule has 28 heavy (non-hydrogen) atoms. The Labute approximate surface area is 164 Å². The molecule has 0 spiro atoms. The molecule has 2 unspecified atom stereocenters. The smallest absolute Gasteiger partial charge is 0.253 e. The highest BCUT2D eigenvalue weighted by atomic mass is 16.2. The zero-order chi connectivity index (χ0) is 19.1. The Balaban J connectivity index is 1.19. The van der Waals surface area contributed by atoms with Gasteiger partial charge < -0.3 is 10.2 Å². The number of nitrogens with zero attached hydrogens (tertiary/aromatic N) is 4. The number of rotatable bonds is 5. The molecule has 0 radical (unpaired) electrons. The number of carbonyl (C=O) groups is 2. The maximum absolute atomic E-state index is 12.8. The third-order valence-electron chi connectivity index (χ3n) is 6.90. The van der Waals surface area contributed by atoms with Gasteiger partial charge in [-0.15, -0.1) is 10.2 Å². The monoisotopic (exact) mass is 381 g/mol. The van der Waals surface area contributed by atoms with Crippen molar-refractivity contribution in [3.05, 3.63) is 30.2 Å². The summed E-state index contributed by atoms with van der Waals surface area (Å²) in [5.41, 5.74) is 1.34. The van der Waals surface area contributed by atoms with Crippen LogP contribution >= 0.6 is 0 Å². The number of amides is 2. The highest BCUT2D eigenvalue weighted by molar-refractivity contribution is 5.94. The van der Waals surface area contributed by atoms with Crippen LogP contribution in [-0.2, 0) is 4.79 Å². The minimum absolute atomic E-state index is 0.0650. The van der Waals surface area contributed by atoms with Gasteiger partial charge in [0.05, 0.1) is 5.56 Å². The molecule has 1 N–H and O–H groups in total. The lowest BCUT2D eigenvalue weighted by Gasteiger charge is -2.39. The van der Waals surface area contributed by atoms with Crippen LogP contribution in [0.3, 0.4) is 0 Å². The van der Waals surface area contributed by atoms with E-state index in [1.165, 1.54) is 19.3 Å². The van der Waals surface area contributed by atoms with Crippen molar-refractivity contribution in [3.63, 3.8) is 0 Å². The maximum atomic E-state index is 12.8. The summed E-state index contributed by atoms with van der Waals surface area (Å²) in [6, 6.07) is 4.30. The second-order valence-electron chi connectivity index (χ2n) is 8.68. The summed E-state index contributed by atoms with van der Waals surface area (Å²) in [7, 11) is 0. The van der Waals surface area contributed by atoms with E-state index in [2.05, 4.69) is 20.4 Å². The lowest BCUT2D eigenvalue weighted by atomic mass is 9.82. The van der Waals surface area contributed by atoms with E-state index in [1.807, 2.05) is 0 Å². The molecular weight excluding hydrogens is 354 g/mol. The minimum atomic E-state index is -0.0650. The second kappa shape index (κ2) is 7.18. The molecule has 2 bridgehead atoms. The molecular formula is C21H27N5O2. The Kier molecular flexibility index (Phi) is 4.53. The Hall–Kier alpha value is -2.44. The number of hydrogen-bond acceptors (Lipinski definition) is 4. The first-order chi connectivity index (χ1) is 13.7. The molecule has 0 aromatic carbocycles. The normalized spacial score (nSPS) is 27.0. The van der Waals surface area contributed by atoms with Crippen molar-refractivity contribution in [2.75, 3.05) is 0 Å². The van der Waals surface area contributed by atoms with Gasteiger partial charge in [-0.25, -0.2) is 0 Å². The van der Waals surface area contributed by atoms with Gasteiger partial charge in [-0.2, -0.15) is 0 Å². The Morgan fingerprint density at radius 3 is 2.61 bits per heavy atom. The molecule has 3 fully saturated rings. The van der Waals surface area contributed by atoms with E-state index in [-0.39, 0.29) is 11.9 Å². The summed E-state index contributed by atoms with van der Waals surface area (Å²) in [6.45, 7) is 0. The van der Waals surface area contributed by atoms with Crippen LogP contribution in [0.2, 0.25) is 0 Å². The molecule has 4 heterocycles. The van der Waals surface area contributed by atoms with Crippen LogP contribution in [-0.4, -0.2) is 49.4 Å². The summed E-state index contributed by atoms with van der Waals surface area (Å²) in [4.78, 5) is 27.6. The van der Waals surface area contributed by atoms with Crippen LogP contribution in [0.15, 0.2) is 24.7 Å². The van der Waals surface area contributed by atoms with Gasteiger partial charge >= 0.3 is 0 Å². The molecule has 2 saturated heterocycles. The third-order valence-corrected chi connectivity index (χ3v) is 6.90. The average molecular weight is 381 g/mol. The molecule has 2 aromatic heterocycles. The van der Waals surface area contributed by atoms with Gasteiger partial charge in [-0.3, -0.25) is 14.0 Å². The molecule has 1 aliphatic carbocycles. The van der Waals surface area contributed by atoms with Gasteiger partial charge in [0, 0.05) is 30.7 Å². The summed E-state index contributed by atoms with van der Waals surface area (Å²) >= 11 is 0. The zero-order valence-electron chi connectivity index (χ0n) is 16.1. The second-order valence-corrected chi connectivity index (χ2v) is 8.68. The standard InChI is InChI=1S/C21H27N5O2/c27-20(9-4-14-2-1-3-14)26-17-6-7-18(26)11-16(10-17)23-21(28)15-5-8-19-24-22-13-25(19)12-15/h5,8,12-14,16-18H,1-4,6-7,9-11H2,(H,23,28). The summed E-state index contributed by atoms with van der Waals surface area (Å²) in [6.07, 6.45) is 12.9. The van der Waals surface area contributed by atoms with Gasteiger partial charge in [0.1, 0.15) is 6.33 Å². The van der Waals surface area contributed by atoms with Gasteiger partial charge in [0.2, 0.25) is 5.91 Å². The first kappa shape index (κ1) is 17.6. The highest BCUT2D eigenvalue weighted by Gasteiger charge is 2.43. The SMILES string of the molecule is O=C(NC1CC2CCC(C1)N2C(=O)CCC1CCC1)c1ccc2nncn2c1. The highest BCUT2D eigenvalue weighted by Crippen LogP contribution is 2.37. The lowest BCUT2D eigenvalue weighted by Crippen LogP contribution is -2.52. The lowest BCUT2D eigenvalue weighted by molar-refractivity contribution is -0.136. The van der Waals surface area contributed by atoms with Gasteiger partial charge in [-0.1, -0.05) is 19.3 Å². The Bertz CT molecular complexity index is 876. The van der Waals surface area contributed by atoms with Crippen molar-refractivity contribution in [1.82, 2.24) is 24.8 Å². The summed E-state index contributed by atoms with van der Waals surface area (Å²) in [5, 5.41) is 11.0. The number of piperidine rings is 1. The largest absolute Gasteiger partial charge is 0.349 e. The number of pyridine rings is 1. The van der Waals surface area contributed by atoms with E-state index < -0.39 is 0 Å². The van der Waals surface area contributed by atoms with E-state index in [0.717, 1.165) is 43.7 Å². The quantitative estimate of drug-likeness (QED) is 0.863. The van der Waals surface area contributed by atoms with Crippen LogP contribution in [0.1, 0.15) is 68.1 Å². The number of nitrogens with one attached hydrogen (secondary N) is 1. The summed E-state index contributed by atoms with van der Waals surface area (Å²) in [5.74, 6) is 1.05. The summed E-state index contributed by atoms with van der Waals surface area (Å²) < 4.78 is 1.75. The molecule has 3 aliphatic rings.